The molecule has 0 amide bonds. The van der Waals surface area contributed by atoms with Crippen molar-refractivity contribution in [1.29, 1.82) is 0 Å². The topological polar surface area (TPSA) is 51.6 Å². The monoisotopic (exact) mass is 542 g/mol. The van der Waals surface area contributed by atoms with Crippen LogP contribution in [0.1, 0.15) is 22.6 Å². The Morgan fingerprint density at radius 3 is 1.48 bits per heavy atom. The molecule has 0 spiro atoms. The van der Waals surface area contributed by atoms with Crippen LogP contribution in [-0.4, -0.2) is 19.9 Å². The summed E-state index contributed by atoms with van der Waals surface area (Å²) in [6.07, 6.45) is 3.67. The van der Waals surface area contributed by atoms with Crippen LogP contribution in [-0.2, 0) is 0 Å². The predicted octanol–water partition coefficient (Wildman–Crippen LogP) is 9.47. The molecule has 7 aromatic rings. The van der Waals surface area contributed by atoms with Crippen LogP contribution >= 0.6 is 0 Å². The van der Waals surface area contributed by atoms with Crippen LogP contribution in [0.15, 0.2) is 109 Å². The first-order valence-corrected chi connectivity index (χ1v) is 14.2. The highest BCUT2D eigenvalue weighted by Gasteiger charge is 2.20. The molecule has 4 nitrogen and oxygen atoms in total. The molecule has 0 saturated carbocycles. The number of hydrogen-bond acceptors (Lipinski definition) is 4. The zero-order valence-electron chi connectivity index (χ0n) is 24.2. The molecule has 4 aromatic heterocycles. The molecule has 0 saturated heterocycles. The fourth-order valence-corrected chi connectivity index (χ4v) is 6.08. The van der Waals surface area contributed by atoms with E-state index in [4.69, 9.17) is 9.97 Å². The third-order valence-corrected chi connectivity index (χ3v) is 8.10. The maximum Gasteiger partial charge on any atom is 0.0889 e. The highest BCUT2D eigenvalue weighted by atomic mass is 14.8. The Bertz CT molecular complexity index is 2090. The Morgan fingerprint density at radius 1 is 0.405 bits per heavy atom. The van der Waals surface area contributed by atoms with E-state index in [2.05, 4.69) is 116 Å². The molecule has 7 rings (SSSR count). The van der Waals surface area contributed by atoms with Gasteiger partial charge in [0, 0.05) is 46.2 Å². The minimum Gasteiger partial charge on any atom is -0.261 e. The minimum absolute atomic E-state index is 0.885. The SMILES string of the molecule is Cc1ccnc(-c2ccc(-c3c4ccccc4c(-c4ccc(-c5cccnc5C)nc4C)c4ccccc34)c(C)n2)c1. The third kappa shape index (κ3) is 4.33. The van der Waals surface area contributed by atoms with Crippen LogP contribution < -0.4 is 0 Å². The largest absolute Gasteiger partial charge is 0.261 e. The number of rotatable bonds is 4. The smallest absolute Gasteiger partial charge is 0.0889 e. The Morgan fingerprint density at radius 2 is 0.952 bits per heavy atom. The van der Waals surface area contributed by atoms with E-state index < -0.39 is 0 Å². The van der Waals surface area contributed by atoms with E-state index in [0.29, 0.717) is 0 Å². The normalized spacial score (nSPS) is 11.3. The van der Waals surface area contributed by atoms with Gasteiger partial charge in [0.1, 0.15) is 0 Å². The van der Waals surface area contributed by atoms with Gasteiger partial charge < -0.3 is 0 Å². The van der Waals surface area contributed by atoms with E-state index in [0.717, 1.165) is 50.9 Å². The van der Waals surface area contributed by atoms with Gasteiger partial charge in [-0.1, -0.05) is 60.7 Å². The molecular formula is C38H30N4. The molecule has 0 bridgehead atoms. The molecule has 0 aliphatic rings. The van der Waals surface area contributed by atoms with Crippen molar-refractivity contribution in [2.75, 3.05) is 0 Å². The molecule has 0 aliphatic heterocycles. The van der Waals surface area contributed by atoms with Crippen molar-refractivity contribution in [3.63, 3.8) is 0 Å². The summed E-state index contributed by atoms with van der Waals surface area (Å²) in [5.74, 6) is 0. The first-order chi connectivity index (χ1) is 20.5. The Hall–Kier alpha value is -5.22. The maximum absolute atomic E-state index is 5.08. The molecule has 4 heterocycles. The second-order valence-electron chi connectivity index (χ2n) is 10.9. The van der Waals surface area contributed by atoms with E-state index in [9.17, 15) is 0 Å². The first kappa shape index (κ1) is 25.7. The van der Waals surface area contributed by atoms with Gasteiger partial charge in [-0.3, -0.25) is 19.9 Å². The first-order valence-electron chi connectivity index (χ1n) is 14.2. The lowest BCUT2D eigenvalue weighted by Gasteiger charge is -2.20. The minimum atomic E-state index is 0.885. The molecule has 0 fully saturated rings. The Kier molecular flexibility index (Phi) is 6.32. The second-order valence-corrected chi connectivity index (χ2v) is 10.9. The summed E-state index contributed by atoms with van der Waals surface area (Å²) in [4.78, 5) is 19.2. The number of aromatic nitrogens is 4. The number of hydrogen-bond donors (Lipinski definition) is 0. The standard InChI is InChI=1S/C38H30N4/c1-23-19-21-40-36(22-23)35-18-16-29(26(4)42-35)38-32-12-7-5-10-30(32)37(31-11-6-8-13-33(31)38)28-15-17-34(41-25(28)3)27-14-9-20-39-24(27)2/h5-22H,1-4H3. The number of benzene rings is 3. The highest BCUT2D eigenvalue weighted by Crippen LogP contribution is 2.45. The van der Waals surface area contributed by atoms with Crippen LogP contribution in [0.25, 0.3) is 66.4 Å². The van der Waals surface area contributed by atoms with Gasteiger partial charge in [0.25, 0.3) is 0 Å². The predicted molar refractivity (Wildman–Crippen MR) is 173 cm³/mol. The summed E-state index contributed by atoms with van der Waals surface area (Å²) in [6.45, 7) is 8.31. The lowest BCUT2D eigenvalue weighted by atomic mass is 9.85. The van der Waals surface area contributed by atoms with Gasteiger partial charge in [0.05, 0.1) is 17.1 Å². The van der Waals surface area contributed by atoms with Crippen molar-refractivity contribution in [2.24, 2.45) is 0 Å². The Balaban J connectivity index is 1.46. The van der Waals surface area contributed by atoms with Crippen LogP contribution in [0.5, 0.6) is 0 Å². The van der Waals surface area contributed by atoms with E-state index >= 15 is 0 Å². The number of nitrogens with zero attached hydrogens (tertiary/aromatic N) is 4. The molecule has 0 N–H and O–H groups in total. The molecule has 0 atom stereocenters. The lowest BCUT2D eigenvalue weighted by molar-refractivity contribution is 1.16. The highest BCUT2D eigenvalue weighted by molar-refractivity contribution is 6.21. The van der Waals surface area contributed by atoms with E-state index in [-0.39, 0.29) is 0 Å². The maximum atomic E-state index is 5.08. The van der Waals surface area contributed by atoms with Gasteiger partial charge in [-0.05, 0) is 102 Å². The summed E-state index contributed by atoms with van der Waals surface area (Å²) >= 11 is 0. The zero-order valence-corrected chi connectivity index (χ0v) is 24.2. The fraction of sp³-hybridized carbons (Fsp3) is 0.105. The number of aryl methyl sites for hydroxylation is 4. The summed E-state index contributed by atoms with van der Waals surface area (Å²) in [7, 11) is 0. The van der Waals surface area contributed by atoms with Crippen LogP contribution in [0.4, 0.5) is 0 Å². The van der Waals surface area contributed by atoms with E-state index in [1.165, 1.54) is 38.2 Å². The zero-order chi connectivity index (χ0) is 28.8. The van der Waals surface area contributed by atoms with Gasteiger partial charge in [-0.25, -0.2) is 0 Å². The quantitative estimate of drug-likeness (QED) is 0.208. The fourth-order valence-electron chi connectivity index (χ4n) is 6.08. The van der Waals surface area contributed by atoms with Crippen LogP contribution in [0.3, 0.4) is 0 Å². The summed E-state index contributed by atoms with van der Waals surface area (Å²) in [5, 5.41) is 4.80. The number of fused-ring (bicyclic) bond motifs is 2. The Labute approximate surface area is 245 Å². The second kappa shape index (κ2) is 10.3. The van der Waals surface area contributed by atoms with Gasteiger partial charge in [-0.2, -0.15) is 0 Å². The van der Waals surface area contributed by atoms with Crippen molar-refractivity contribution in [3.8, 4) is 44.9 Å². The molecule has 3 aromatic carbocycles. The molecule has 0 radical (unpaired) electrons. The van der Waals surface area contributed by atoms with Crippen molar-refractivity contribution < 1.29 is 0 Å². The van der Waals surface area contributed by atoms with Crippen molar-refractivity contribution in [1.82, 2.24) is 19.9 Å². The summed E-state index contributed by atoms with van der Waals surface area (Å²) < 4.78 is 0. The van der Waals surface area contributed by atoms with Crippen molar-refractivity contribution >= 4 is 21.5 Å². The average Bonchev–Trinajstić information content (AvgIpc) is 3.01. The lowest BCUT2D eigenvalue weighted by Crippen LogP contribution is -1.98. The average molecular weight is 543 g/mol. The van der Waals surface area contributed by atoms with Crippen molar-refractivity contribution in [3.05, 3.63) is 132 Å². The van der Waals surface area contributed by atoms with Gasteiger partial charge in [0.2, 0.25) is 0 Å². The van der Waals surface area contributed by atoms with Crippen LogP contribution in [0, 0.1) is 27.7 Å². The molecule has 4 heteroatoms. The van der Waals surface area contributed by atoms with Gasteiger partial charge >= 0.3 is 0 Å². The van der Waals surface area contributed by atoms with E-state index in [1.807, 2.05) is 31.5 Å². The summed E-state index contributed by atoms with van der Waals surface area (Å²) in [6, 6.07) is 34.2. The molecule has 0 unspecified atom stereocenters. The molecule has 0 aliphatic carbocycles. The van der Waals surface area contributed by atoms with E-state index in [1.54, 1.807) is 0 Å². The van der Waals surface area contributed by atoms with Gasteiger partial charge in [0.15, 0.2) is 0 Å². The molecular weight excluding hydrogens is 512 g/mol. The van der Waals surface area contributed by atoms with Crippen LogP contribution in [0.2, 0.25) is 0 Å². The molecule has 202 valence electrons. The molecule has 42 heavy (non-hydrogen) atoms. The summed E-state index contributed by atoms with van der Waals surface area (Å²) in [5.41, 5.74) is 12.6. The number of pyridine rings is 4. The van der Waals surface area contributed by atoms with Gasteiger partial charge in [-0.15, -0.1) is 0 Å². The van der Waals surface area contributed by atoms with Crippen molar-refractivity contribution in [2.45, 2.75) is 27.7 Å². The third-order valence-electron chi connectivity index (χ3n) is 8.10.